The molecule has 0 aromatic heterocycles. The van der Waals surface area contributed by atoms with Crippen LogP contribution in [0.25, 0.3) is 0 Å². The number of likely N-dealkylation sites (N-methyl/N-ethyl adjacent to an activating group) is 1. The predicted molar refractivity (Wildman–Crippen MR) is 85.7 cm³/mol. The van der Waals surface area contributed by atoms with Gasteiger partial charge in [0.05, 0.1) is 6.54 Å². The van der Waals surface area contributed by atoms with Crippen LogP contribution in [0.2, 0.25) is 0 Å². The van der Waals surface area contributed by atoms with Gasteiger partial charge in [0.15, 0.2) is 0 Å². The van der Waals surface area contributed by atoms with E-state index in [9.17, 15) is 28.0 Å². The van der Waals surface area contributed by atoms with E-state index >= 15 is 0 Å². The highest BCUT2D eigenvalue weighted by molar-refractivity contribution is 6.09. The Hall–Kier alpha value is -3.04. The number of hydrogen-bond acceptors (Lipinski definition) is 4. The zero-order chi connectivity index (χ0) is 19.6. The van der Waals surface area contributed by atoms with Crippen molar-refractivity contribution >= 4 is 23.8 Å². The minimum atomic E-state index is -1.84. The second-order valence-corrected chi connectivity index (χ2v) is 6.14. The van der Waals surface area contributed by atoms with E-state index < -0.39 is 41.6 Å². The minimum Gasteiger partial charge on any atom is -0.347 e. The molecule has 0 unspecified atom stereocenters. The highest BCUT2D eigenvalue weighted by Gasteiger charge is 2.50. The van der Waals surface area contributed by atoms with Crippen LogP contribution in [0, 0.1) is 11.6 Å². The Morgan fingerprint density at radius 2 is 1.92 bits per heavy atom. The Kier molecular flexibility index (Phi) is 5.24. The first kappa shape index (κ1) is 19.3. The fourth-order valence-corrected chi connectivity index (χ4v) is 2.44. The van der Waals surface area contributed by atoms with E-state index in [1.54, 1.807) is 0 Å². The van der Waals surface area contributed by atoms with Gasteiger partial charge >= 0.3 is 6.03 Å². The fourth-order valence-electron chi connectivity index (χ4n) is 2.44. The average Bonchev–Trinajstić information content (AvgIpc) is 2.78. The van der Waals surface area contributed by atoms with Gasteiger partial charge in [-0.1, -0.05) is 0 Å². The SMILES string of the molecule is CN(C)C(=O)CNC(=O)CN1C(=O)N[C@](C)(c2cc(F)ccc2F)C1=O. The summed E-state index contributed by atoms with van der Waals surface area (Å²) in [7, 11) is 3.01. The molecule has 5 amide bonds. The molecule has 0 radical (unpaired) electrons. The molecule has 26 heavy (non-hydrogen) atoms. The monoisotopic (exact) mass is 368 g/mol. The largest absolute Gasteiger partial charge is 0.347 e. The molecule has 2 N–H and O–H groups in total. The van der Waals surface area contributed by atoms with Crippen molar-refractivity contribution in [2.24, 2.45) is 0 Å². The smallest absolute Gasteiger partial charge is 0.325 e. The summed E-state index contributed by atoms with van der Waals surface area (Å²) in [6.07, 6.45) is 0. The van der Waals surface area contributed by atoms with Crippen molar-refractivity contribution in [1.29, 1.82) is 0 Å². The number of carbonyl (C=O) groups excluding carboxylic acids is 4. The summed E-state index contributed by atoms with van der Waals surface area (Å²) in [5, 5.41) is 4.56. The third-order valence-electron chi connectivity index (χ3n) is 3.98. The van der Waals surface area contributed by atoms with Crippen LogP contribution in [0.1, 0.15) is 12.5 Å². The van der Waals surface area contributed by atoms with Crippen LogP contribution in [0.5, 0.6) is 0 Å². The molecule has 140 valence electrons. The van der Waals surface area contributed by atoms with Crippen molar-refractivity contribution in [3.8, 4) is 0 Å². The first-order valence-corrected chi connectivity index (χ1v) is 7.62. The van der Waals surface area contributed by atoms with Gasteiger partial charge in [0.1, 0.15) is 23.7 Å². The van der Waals surface area contributed by atoms with Crippen molar-refractivity contribution in [3.63, 3.8) is 0 Å². The van der Waals surface area contributed by atoms with E-state index in [1.807, 2.05) is 0 Å². The summed E-state index contributed by atoms with van der Waals surface area (Å²) < 4.78 is 27.5. The number of nitrogens with one attached hydrogen (secondary N) is 2. The lowest BCUT2D eigenvalue weighted by Crippen LogP contribution is -2.45. The maximum atomic E-state index is 14.0. The molecule has 1 aliphatic rings. The third-order valence-corrected chi connectivity index (χ3v) is 3.98. The van der Waals surface area contributed by atoms with E-state index in [-0.39, 0.29) is 18.0 Å². The number of nitrogens with zero attached hydrogens (tertiary/aromatic N) is 2. The van der Waals surface area contributed by atoms with E-state index in [4.69, 9.17) is 0 Å². The molecular formula is C16H18F2N4O4. The Morgan fingerprint density at radius 3 is 2.54 bits per heavy atom. The first-order valence-electron chi connectivity index (χ1n) is 7.62. The lowest BCUT2D eigenvalue weighted by atomic mass is 9.91. The molecule has 1 atom stereocenters. The normalized spacial score (nSPS) is 19.3. The van der Waals surface area contributed by atoms with Gasteiger partial charge in [-0.3, -0.25) is 19.3 Å². The van der Waals surface area contributed by atoms with Gasteiger partial charge in [-0.15, -0.1) is 0 Å². The Balaban J connectivity index is 2.14. The van der Waals surface area contributed by atoms with Crippen LogP contribution >= 0.6 is 0 Å². The number of amides is 5. The molecule has 1 aromatic carbocycles. The van der Waals surface area contributed by atoms with Gasteiger partial charge in [0, 0.05) is 19.7 Å². The Labute approximate surface area is 148 Å². The van der Waals surface area contributed by atoms with E-state index in [1.165, 1.54) is 25.9 Å². The van der Waals surface area contributed by atoms with Crippen LogP contribution in [-0.2, 0) is 19.9 Å². The summed E-state index contributed by atoms with van der Waals surface area (Å²) >= 11 is 0. The van der Waals surface area contributed by atoms with Crippen molar-refractivity contribution in [3.05, 3.63) is 35.4 Å². The quantitative estimate of drug-likeness (QED) is 0.711. The molecule has 1 fully saturated rings. The number of carbonyl (C=O) groups is 4. The average molecular weight is 368 g/mol. The summed E-state index contributed by atoms with van der Waals surface area (Å²) in [4.78, 5) is 49.8. The first-order chi connectivity index (χ1) is 12.1. The summed E-state index contributed by atoms with van der Waals surface area (Å²) in [6, 6.07) is 1.62. The van der Waals surface area contributed by atoms with Crippen molar-refractivity contribution < 1.29 is 28.0 Å². The van der Waals surface area contributed by atoms with Gasteiger partial charge in [0.25, 0.3) is 5.91 Å². The van der Waals surface area contributed by atoms with E-state index in [0.29, 0.717) is 4.90 Å². The molecule has 1 aromatic rings. The second kappa shape index (κ2) is 7.06. The van der Waals surface area contributed by atoms with Crippen molar-refractivity contribution in [2.75, 3.05) is 27.2 Å². The van der Waals surface area contributed by atoms with Crippen LogP contribution < -0.4 is 10.6 Å². The number of halogens is 2. The van der Waals surface area contributed by atoms with Gasteiger partial charge < -0.3 is 15.5 Å². The predicted octanol–water partition coefficient (Wildman–Crippen LogP) is -0.0638. The van der Waals surface area contributed by atoms with Crippen molar-refractivity contribution in [1.82, 2.24) is 20.4 Å². The standard InChI is InChI=1S/C16H18F2N4O4/c1-16(10-6-9(17)4-5-11(10)18)14(25)22(15(26)20-16)8-12(23)19-7-13(24)21(2)3/h4-6H,7-8H2,1-3H3,(H,19,23)(H,20,26)/t16-/m1/s1. The van der Waals surface area contributed by atoms with Gasteiger partial charge in [0.2, 0.25) is 11.8 Å². The molecule has 0 saturated carbocycles. The van der Waals surface area contributed by atoms with Crippen LogP contribution in [0.4, 0.5) is 13.6 Å². The Bertz CT molecular complexity index is 784. The fraction of sp³-hybridized carbons (Fsp3) is 0.375. The highest BCUT2D eigenvalue weighted by Crippen LogP contribution is 2.31. The number of rotatable bonds is 5. The molecule has 0 bridgehead atoms. The molecule has 8 nitrogen and oxygen atoms in total. The van der Waals surface area contributed by atoms with Crippen LogP contribution in [0.3, 0.4) is 0 Å². The van der Waals surface area contributed by atoms with E-state index in [2.05, 4.69) is 10.6 Å². The van der Waals surface area contributed by atoms with Crippen LogP contribution in [0.15, 0.2) is 18.2 Å². The van der Waals surface area contributed by atoms with E-state index in [0.717, 1.165) is 18.2 Å². The molecule has 1 aliphatic heterocycles. The maximum absolute atomic E-state index is 14.0. The molecule has 1 heterocycles. The highest BCUT2D eigenvalue weighted by atomic mass is 19.1. The topological polar surface area (TPSA) is 98.8 Å². The zero-order valence-corrected chi connectivity index (χ0v) is 14.4. The summed E-state index contributed by atoms with van der Waals surface area (Å²) in [5.74, 6) is -3.66. The van der Waals surface area contributed by atoms with Gasteiger partial charge in [-0.2, -0.15) is 0 Å². The zero-order valence-electron chi connectivity index (χ0n) is 14.4. The lowest BCUT2D eigenvalue weighted by molar-refractivity contribution is -0.135. The Morgan fingerprint density at radius 1 is 1.27 bits per heavy atom. The second-order valence-electron chi connectivity index (χ2n) is 6.14. The van der Waals surface area contributed by atoms with Gasteiger partial charge in [-0.05, 0) is 25.1 Å². The van der Waals surface area contributed by atoms with Gasteiger partial charge in [-0.25, -0.2) is 13.6 Å². The number of urea groups is 1. The molecular weight excluding hydrogens is 350 g/mol. The molecule has 0 spiro atoms. The lowest BCUT2D eigenvalue weighted by Gasteiger charge is -2.22. The number of benzene rings is 1. The van der Waals surface area contributed by atoms with Crippen LogP contribution in [-0.4, -0.2) is 60.7 Å². The summed E-state index contributed by atoms with van der Waals surface area (Å²) in [5.41, 5.74) is -2.19. The van der Waals surface area contributed by atoms with Crippen molar-refractivity contribution in [2.45, 2.75) is 12.5 Å². The minimum absolute atomic E-state index is 0.300. The molecule has 10 heteroatoms. The third kappa shape index (κ3) is 3.63. The molecule has 0 aliphatic carbocycles. The summed E-state index contributed by atoms with van der Waals surface area (Å²) in [6.45, 7) is 0.266. The number of hydrogen-bond donors (Lipinski definition) is 2. The maximum Gasteiger partial charge on any atom is 0.325 e. The molecule has 1 saturated heterocycles. The number of imide groups is 1. The molecule has 2 rings (SSSR count).